The van der Waals surface area contributed by atoms with Crippen LogP contribution in [-0.2, 0) is 0 Å². The molecule has 0 fully saturated rings. The Morgan fingerprint density at radius 3 is 2.22 bits per heavy atom. The maximum atomic E-state index is 4.43. The molecule has 0 aliphatic carbocycles. The lowest BCUT2D eigenvalue weighted by Gasteiger charge is -2.12. The van der Waals surface area contributed by atoms with Gasteiger partial charge in [-0.3, -0.25) is 0 Å². The number of aromatic nitrogens is 4. The summed E-state index contributed by atoms with van der Waals surface area (Å²) >= 11 is 1.70. The minimum absolute atomic E-state index is 0.139. The number of hydrogen-bond donors (Lipinski definition) is 1. The molecule has 0 saturated heterocycles. The monoisotopic (exact) mass is 263 g/mol. The third-order valence-corrected chi connectivity index (χ3v) is 4.03. The molecule has 18 heavy (non-hydrogen) atoms. The zero-order valence-corrected chi connectivity index (χ0v) is 12.1. The molecular weight excluding hydrogens is 246 g/mol. The lowest BCUT2D eigenvalue weighted by atomic mass is 10.2. The molecule has 2 rings (SSSR count). The Morgan fingerprint density at radius 1 is 0.944 bits per heavy atom. The highest BCUT2D eigenvalue weighted by molar-refractivity contribution is 7.11. The largest absolute Gasteiger partial charge is 0.346 e. The van der Waals surface area contributed by atoms with Crippen LogP contribution in [0, 0.1) is 27.7 Å². The van der Waals surface area contributed by atoms with E-state index in [0.717, 1.165) is 22.1 Å². The zero-order valence-electron chi connectivity index (χ0n) is 11.3. The SMILES string of the molecule is Cc1nc(C)c(C(C)Nc2nnc(C)c(C)n2)s1. The van der Waals surface area contributed by atoms with Crippen molar-refractivity contribution in [1.82, 2.24) is 20.2 Å². The van der Waals surface area contributed by atoms with Crippen molar-refractivity contribution in [2.24, 2.45) is 0 Å². The van der Waals surface area contributed by atoms with Crippen LogP contribution in [-0.4, -0.2) is 20.2 Å². The maximum Gasteiger partial charge on any atom is 0.243 e. The van der Waals surface area contributed by atoms with Crippen molar-refractivity contribution in [3.8, 4) is 0 Å². The second-order valence-corrected chi connectivity index (χ2v) is 5.59. The molecule has 96 valence electrons. The molecule has 5 nitrogen and oxygen atoms in total. The normalized spacial score (nSPS) is 12.5. The van der Waals surface area contributed by atoms with Crippen molar-refractivity contribution in [3.63, 3.8) is 0 Å². The van der Waals surface area contributed by atoms with Gasteiger partial charge in [0, 0.05) is 4.88 Å². The molecule has 0 aliphatic heterocycles. The molecule has 0 amide bonds. The summed E-state index contributed by atoms with van der Waals surface area (Å²) in [6.45, 7) is 9.96. The molecule has 1 N–H and O–H groups in total. The van der Waals surface area contributed by atoms with Crippen molar-refractivity contribution < 1.29 is 0 Å². The Bertz CT molecular complexity index is 564. The molecule has 2 heterocycles. The highest BCUT2D eigenvalue weighted by atomic mass is 32.1. The number of nitrogens with zero attached hydrogens (tertiary/aromatic N) is 4. The van der Waals surface area contributed by atoms with Crippen LogP contribution in [0.4, 0.5) is 5.95 Å². The van der Waals surface area contributed by atoms with Crippen LogP contribution in [0.5, 0.6) is 0 Å². The van der Waals surface area contributed by atoms with Crippen molar-refractivity contribution in [3.05, 3.63) is 27.0 Å². The van der Waals surface area contributed by atoms with Crippen LogP contribution in [0.15, 0.2) is 0 Å². The van der Waals surface area contributed by atoms with Crippen molar-refractivity contribution in [2.45, 2.75) is 40.7 Å². The van der Waals surface area contributed by atoms with Crippen LogP contribution in [0.25, 0.3) is 0 Å². The Kier molecular flexibility index (Phi) is 3.56. The number of aryl methyl sites for hydroxylation is 4. The second kappa shape index (κ2) is 4.97. The fourth-order valence-corrected chi connectivity index (χ4v) is 2.66. The predicted molar refractivity (Wildman–Crippen MR) is 72.9 cm³/mol. The molecule has 0 spiro atoms. The fourth-order valence-electron chi connectivity index (χ4n) is 1.73. The van der Waals surface area contributed by atoms with E-state index < -0.39 is 0 Å². The van der Waals surface area contributed by atoms with E-state index in [-0.39, 0.29) is 6.04 Å². The van der Waals surface area contributed by atoms with Gasteiger partial charge in [0.15, 0.2) is 0 Å². The van der Waals surface area contributed by atoms with Crippen LogP contribution in [0.3, 0.4) is 0 Å². The van der Waals surface area contributed by atoms with Gasteiger partial charge in [0.2, 0.25) is 5.95 Å². The first-order valence-corrected chi connectivity index (χ1v) is 6.67. The van der Waals surface area contributed by atoms with Crippen molar-refractivity contribution >= 4 is 17.3 Å². The number of anilines is 1. The molecular formula is C12H17N5S. The molecule has 1 atom stereocenters. The fraction of sp³-hybridized carbons (Fsp3) is 0.500. The van der Waals surface area contributed by atoms with Crippen molar-refractivity contribution in [2.75, 3.05) is 5.32 Å². The number of rotatable bonds is 3. The summed E-state index contributed by atoms with van der Waals surface area (Å²) in [5.74, 6) is 0.566. The van der Waals surface area contributed by atoms with E-state index in [1.165, 1.54) is 4.88 Å². The van der Waals surface area contributed by atoms with E-state index >= 15 is 0 Å². The van der Waals surface area contributed by atoms with Crippen molar-refractivity contribution in [1.29, 1.82) is 0 Å². The average Bonchev–Trinajstić information content (AvgIpc) is 2.63. The van der Waals surface area contributed by atoms with E-state index in [9.17, 15) is 0 Å². The lowest BCUT2D eigenvalue weighted by molar-refractivity contribution is 0.824. The average molecular weight is 263 g/mol. The van der Waals surface area contributed by atoms with E-state index in [2.05, 4.69) is 32.4 Å². The van der Waals surface area contributed by atoms with Crippen LogP contribution in [0.1, 0.15) is 39.9 Å². The summed E-state index contributed by atoms with van der Waals surface area (Å²) in [6.07, 6.45) is 0. The Hall–Kier alpha value is -1.56. The van der Waals surface area contributed by atoms with Gasteiger partial charge in [-0.2, -0.15) is 5.10 Å². The highest BCUT2D eigenvalue weighted by Crippen LogP contribution is 2.26. The van der Waals surface area contributed by atoms with Crippen LogP contribution >= 0.6 is 11.3 Å². The van der Waals surface area contributed by atoms with E-state index in [0.29, 0.717) is 5.95 Å². The highest BCUT2D eigenvalue weighted by Gasteiger charge is 2.14. The minimum atomic E-state index is 0.139. The molecule has 2 aromatic heterocycles. The minimum Gasteiger partial charge on any atom is -0.346 e. The van der Waals surface area contributed by atoms with Gasteiger partial charge in [0.25, 0.3) is 0 Å². The molecule has 2 aromatic rings. The first-order chi connectivity index (χ1) is 8.47. The second-order valence-electron chi connectivity index (χ2n) is 4.35. The number of thiazole rings is 1. The van der Waals surface area contributed by atoms with E-state index in [1.54, 1.807) is 11.3 Å². The zero-order chi connectivity index (χ0) is 13.3. The van der Waals surface area contributed by atoms with Gasteiger partial charge < -0.3 is 5.32 Å². The molecule has 0 aliphatic rings. The molecule has 1 unspecified atom stereocenters. The topological polar surface area (TPSA) is 63.6 Å². The summed E-state index contributed by atoms with van der Waals surface area (Å²) in [4.78, 5) is 10.0. The third kappa shape index (κ3) is 2.64. The van der Waals surface area contributed by atoms with Gasteiger partial charge in [-0.15, -0.1) is 16.4 Å². The number of hydrogen-bond acceptors (Lipinski definition) is 6. The van der Waals surface area contributed by atoms with Gasteiger partial charge in [0.1, 0.15) is 0 Å². The Balaban J connectivity index is 2.18. The summed E-state index contributed by atoms with van der Waals surface area (Å²) in [6, 6.07) is 0.139. The van der Waals surface area contributed by atoms with Gasteiger partial charge >= 0.3 is 0 Å². The first-order valence-electron chi connectivity index (χ1n) is 5.85. The summed E-state index contributed by atoms with van der Waals surface area (Å²) in [5, 5.41) is 12.5. The summed E-state index contributed by atoms with van der Waals surface area (Å²) < 4.78 is 0. The lowest BCUT2D eigenvalue weighted by Crippen LogP contribution is -2.11. The van der Waals surface area contributed by atoms with E-state index in [1.807, 2.05) is 27.7 Å². The smallest absolute Gasteiger partial charge is 0.243 e. The standard InChI is InChI=1S/C12H17N5S/c1-6-7(2)16-17-12(14-6)15-9(4)11-8(3)13-10(5)18-11/h9H,1-5H3,(H,14,15,17). The van der Waals surface area contributed by atoms with Crippen LogP contribution in [0.2, 0.25) is 0 Å². The molecule has 0 bridgehead atoms. The molecule has 0 aromatic carbocycles. The third-order valence-electron chi connectivity index (χ3n) is 2.77. The van der Waals surface area contributed by atoms with Crippen LogP contribution < -0.4 is 5.32 Å². The quantitative estimate of drug-likeness (QED) is 0.922. The molecule has 6 heteroatoms. The molecule has 0 saturated carbocycles. The van der Waals surface area contributed by atoms with Gasteiger partial charge in [-0.05, 0) is 34.6 Å². The predicted octanol–water partition coefficient (Wildman–Crippen LogP) is 2.73. The summed E-state index contributed by atoms with van der Waals surface area (Å²) in [5.41, 5.74) is 2.82. The first kappa shape index (κ1) is 12.9. The van der Waals surface area contributed by atoms with Gasteiger partial charge in [0.05, 0.1) is 28.1 Å². The number of nitrogens with one attached hydrogen (secondary N) is 1. The molecule has 0 radical (unpaired) electrons. The Morgan fingerprint density at radius 2 is 1.67 bits per heavy atom. The van der Waals surface area contributed by atoms with Gasteiger partial charge in [-0.25, -0.2) is 9.97 Å². The Labute approximate surface area is 111 Å². The van der Waals surface area contributed by atoms with Gasteiger partial charge in [-0.1, -0.05) is 0 Å². The summed E-state index contributed by atoms with van der Waals surface area (Å²) in [7, 11) is 0. The van der Waals surface area contributed by atoms with E-state index in [4.69, 9.17) is 0 Å². The maximum absolute atomic E-state index is 4.43.